The third kappa shape index (κ3) is 28.9. The van der Waals surface area contributed by atoms with Crippen molar-refractivity contribution in [2.24, 2.45) is 0 Å². The van der Waals surface area contributed by atoms with Gasteiger partial charge >= 0.3 is 0 Å². The fourth-order valence-electron chi connectivity index (χ4n) is 7.04. The summed E-state index contributed by atoms with van der Waals surface area (Å²) in [5, 5.41) is 1.01. The summed E-state index contributed by atoms with van der Waals surface area (Å²) in [5.41, 5.74) is 0. The molecule has 0 N–H and O–H groups in total. The van der Waals surface area contributed by atoms with E-state index in [1.54, 1.807) is 24.1 Å². The molecule has 2 heterocycles. The van der Waals surface area contributed by atoms with Gasteiger partial charge in [-0.25, -0.2) is 3.63 Å². The summed E-state index contributed by atoms with van der Waals surface area (Å²) in [6.45, 7) is 6.47. The lowest BCUT2D eigenvalue weighted by Crippen LogP contribution is -2.14. The topological polar surface area (TPSA) is 34.3 Å². The van der Waals surface area contributed by atoms with Crippen molar-refractivity contribution in [1.29, 1.82) is 0 Å². The Bertz CT molecular complexity index is 575. The van der Waals surface area contributed by atoms with Gasteiger partial charge in [-0.05, 0) is 12.8 Å². The molecule has 2 rings (SSSR count). The van der Waals surface area contributed by atoms with Crippen LogP contribution in [0.4, 0.5) is 0 Å². The van der Waals surface area contributed by atoms with Crippen LogP contribution >= 0.6 is 24.1 Å². The number of hydrogen-bond acceptors (Lipinski definition) is 5. The van der Waals surface area contributed by atoms with E-state index in [0.717, 1.165) is 13.2 Å². The molecule has 0 aromatic rings. The van der Waals surface area contributed by atoms with Gasteiger partial charge in [-0.3, -0.25) is 0 Å². The van der Waals surface area contributed by atoms with Crippen molar-refractivity contribution in [3.63, 3.8) is 0 Å². The fraction of sp³-hybridized carbons (Fsp3) is 1.00. The van der Waals surface area contributed by atoms with Crippen LogP contribution in [-0.2, 0) is 13.1 Å². The zero-order valence-corrected chi connectivity index (χ0v) is 33.4. The van der Waals surface area contributed by atoms with Crippen LogP contribution in [0.3, 0.4) is 0 Å². The second-order valence-corrected chi connectivity index (χ2v) is 17.4. The minimum Gasteiger partial charge on any atom is -0.372 e. The Labute approximate surface area is 304 Å². The summed E-state index contributed by atoms with van der Waals surface area (Å²) in [6.07, 6.45) is 49.0. The van der Waals surface area contributed by atoms with Gasteiger partial charge in [0.15, 0.2) is 0 Å². The maximum absolute atomic E-state index is 6.19. The second-order valence-electron chi connectivity index (χ2n) is 15.3. The Kier molecular flexibility index (Phi) is 31.4. The molecule has 0 aliphatic carbocycles. The highest BCUT2D eigenvalue weighted by atomic mass is 32.2. The molecule has 2 aliphatic rings. The summed E-state index contributed by atoms with van der Waals surface area (Å²) >= 11 is 3.40. The van der Waals surface area contributed by atoms with Crippen LogP contribution in [0.2, 0.25) is 0 Å². The predicted molar refractivity (Wildman–Crippen MR) is 212 cm³/mol. The normalized spacial score (nSPS) is 18.5. The Hall–Kier alpha value is 0.580. The molecule has 280 valence electrons. The van der Waals surface area contributed by atoms with Crippen molar-refractivity contribution in [1.82, 2.24) is 0 Å². The van der Waals surface area contributed by atoms with Gasteiger partial charge < -0.3 is 9.47 Å². The van der Waals surface area contributed by atoms with Crippen LogP contribution in [0.5, 0.6) is 0 Å². The summed E-state index contributed by atoms with van der Waals surface area (Å²) in [4.78, 5) is 0. The molecule has 2 fully saturated rings. The summed E-state index contributed by atoms with van der Waals surface area (Å²) in [7, 11) is 0. The molecule has 0 bridgehead atoms. The first kappa shape index (κ1) is 43.7. The van der Waals surface area contributed by atoms with E-state index in [4.69, 9.17) is 13.1 Å². The van der Waals surface area contributed by atoms with Gasteiger partial charge in [0, 0.05) is 24.1 Å². The highest BCUT2D eigenvalue weighted by Gasteiger charge is 2.36. The van der Waals surface area contributed by atoms with Crippen LogP contribution in [0, 0.1) is 0 Å². The first-order valence-electron chi connectivity index (χ1n) is 21.6. The average Bonchev–Trinajstić information content (AvgIpc) is 4.01. The molecular weight excluding hydrogens is 617 g/mol. The van der Waals surface area contributed by atoms with E-state index in [-0.39, 0.29) is 0 Å². The SMILES string of the molecule is CCCCCCCCCCCCCCCCCCC(SOSC(CCCCCCCCCCCCCCCCCC)C1CO1)C1CO1. The first-order chi connectivity index (χ1) is 23.3. The fourth-order valence-corrected chi connectivity index (χ4v) is 9.12. The third-order valence-corrected chi connectivity index (χ3v) is 12.8. The van der Waals surface area contributed by atoms with E-state index in [0.29, 0.717) is 22.7 Å². The molecule has 0 amide bonds. The molecule has 0 aromatic carbocycles. The maximum Gasteiger partial charge on any atom is 0.0950 e. The Morgan fingerprint density at radius 3 is 0.809 bits per heavy atom. The number of rotatable bonds is 40. The summed E-state index contributed by atoms with van der Waals surface area (Å²) in [5.74, 6) is 0. The molecule has 3 nitrogen and oxygen atoms in total. The number of hydrogen-bond donors (Lipinski definition) is 0. The minimum atomic E-state index is 0.424. The molecule has 2 aliphatic heterocycles. The van der Waals surface area contributed by atoms with Crippen LogP contribution in [0.1, 0.15) is 232 Å². The molecule has 0 radical (unpaired) electrons. The van der Waals surface area contributed by atoms with Gasteiger partial charge in [0.1, 0.15) is 0 Å². The van der Waals surface area contributed by atoms with Gasteiger partial charge in [0.05, 0.1) is 35.9 Å². The quantitative estimate of drug-likeness (QED) is 0.0361. The first-order valence-corrected chi connectivity index (χ1v) is 23.2. The third-order valence-electron chi connectivity index (χ3n) is 10.6. The van der Waals surface area contributed by atoms with Gasteiger partial charge in [-0.1, -0.05) is 219 Å². The smallest absolute Gasteiger partial charge is 0.0950 e. The van der Waals surface area contributed by atoms with E-state index in [1.165, 1.54) is 218 Å². The van der Waals surface area contributed by atoms with Crippen molar-refractivity contribution in [3.8, 4) is 0 Å². The van der Waals surface area contributed by atoms with Crippen LogP contribution in [0.15, 0.2) is 0 Å². The highest BCUT2D eigenvalue weighted by molar-refractivity contribution is 8.08. The monoisotopic (exact) mass is 699 g/mol. The second kappa shape index (κ2) is 33.7. The Balaban J connectivity index is 1.34. The standard InChI is InChI=1S/C42H82O3S2/c1-3-5-7-9-11-13-15-17-19-21-23-25-27-29-31-33-35-41(39-37-43-39)46-45-47-42(40-38-44-40)36-34-32-30-28-26-24-22-20-18-16-14-12-10-8-6-4-2/h39-42H,3-38H2,1-2H3. The predicted octanol–water partition coefficient (Wildman–Crippen LogP) is 15.1. The minimum absolute atomic E-state index is 0.424. The van der Waals surface area contributed by atoms with E-state index in [9.17, 15) is 0 Å². The lowest BCUT2D eigenvalue weighted by atomic mass is 10.0. The van der Waals surface area contributed by atoms with Gasteiger partial charge in [-0.15, -0.1) is 0 Å². The van der Waals surface area contributed by atoms with Gasteiger partial charge in [0.25, 0.3) is 0 Å². The molecule has 4 unspecified atom stereocenters. The van der Waals surface area contributed by atoms with Crippen LogP contribution < -0.4 is 0 Å². The zero-order valence-electron chi connectivity index (χ0n) is 31.8. The lowest BCUT2D eigenvalue weighted by Gasteiger charge is -2.16. The Morgan fingerprint density at radius 1 is 0.383 bits per heavy atom. The lowest BCUT2D eigenvalue weighted by molar-refractivity contribution is 0.387. The summed E-state index contributed by atoms with van der Waals surface area (Å²) < 4.78 is 17.6. The van der Waals surface area contributed by atoms with Crippen molar-refractivity contribution in [2.75, 3.05) is 13.2 Å². The van der Waals surface area contributed by atoms with Crippen molar-refractivity contribution in [3.05, 3.63) is 0 Å². The van der Waals surface area contributed by atoms with Gasteiger partial charge in [0.2, 0.25) is 0 Å². The van der Waals surface area contributed by atoms with E-state index in [2.05, 4.69) is 13.8 Å². The zero-order chi connectivity index (χ0) is 33.3. The van der Waals surface area contributed by atoms with Crippen LogP contribution in [0.25, 0.3) is 0 Å². The maximum atomic E-state index is 6.19. The van der Waals surface area contributed by atoms with Crippen LogP contribution in [-0.4, -0.2) is 35.9 Å². The number of epoxide rings is 2. The molecule has 5 heteroatoms. The van der Waals surface area contributed by atoms with Crippen molar-refractivity contribution >= 4 is 24.1 Å². The van der Waals surface area contributed by atoms with Crippen molar-refractivity contribution in [2.45, 2.75) is 255 Å². The number of unbranched alkanes of at least 4 members (excludes halogenated alkanes) is 30. The Morgan fingerprint density at radius 2 is 0.596 bits per heavy atom. The molecule has 0 aromatic heterocycles. The molecule has 4 atom stereocenters. The van der Waals surface area contributed by atoms with E-state index >= 15 is 0 Å². The molecule has 0 spiro atoms. The largest absolute Gasteiger partial charge is 0.372 e. The molecule has 47 heavy (non-hydrogen) atoms. The molecular formula is C42H82O3S2. The van der Waals surface area contributed by atoms with E-state index < -0.39 is 0 Å². The number of ether oxygens (including phenoxy) is 2. The van der Waals surface area contributed by atoms with E-state index in [1.807, 2.05) is 0 Å². The molecule has 0 saturated carbocycles. The summed E-state index contributed by atoms with van der Waals surface area (Å²) in [6, 6.07) is 0. The van der Waals surface area contributed by atoms with Crippen molar-refractivity contribution < 1.29 is 13.1 Å². The highest BCUT2D eigenvalue weighted by Crippen LogP contribution is 2.38. The average molecular weight is 699 g/mol. The molecule has 2 saturated heterocycles. The van der Waals surface area contributed by atoms with Gasteiger partial charge in [-0.2, -0.15) is 0 Å².